The molecule has 0 spiro atoms. The quantitative estimate of drug-likeness (QED) is 0.804. The second-order valence-electron chi connectivity index (χ2n) is 5.35. The van der Waals surface area contributed by atoms with E-state index in [0.717, 1.165) is 19.4 Å². The van der Waals surface area contributed by atoms with Crippen LogP contribution in [0.4, 0.5) is 4.79 Å². The van der Waals surface area contributed by atoms with Crippen molar-refractivity contribution < 1.29 is 14.3 Å². The number of rotatable bonds is 5. The van der Waals surface area contributed by atoms with Crippen molar-refractivity contribution in [1.29, 1.82) is 0 Å². The largest absolute Gasteiger partial charge is 0.383 e. The Hall–Kier alpha value is -2.08. The van der Waals surface area contributed by atoms with Gasteiger partial charge in [0.15, 0.2) is 0 Å². The van der Waals surface area contributed by atoms with Gasteiger partial charge in [0.1, 0.15) is 0 Å². The van der Waals surface area contributed by atoms with Crippen LogP contribution in [0.1, 0.15) is 23.2 Å². The lowest BCUT2D eigenvalue weighted by atomic mass is 10.0. The highest BCUT2D eigenvalue weighted by Gasteiger charge is 2.25. The number of nitrogens with one attached hydrogen (secondary N) is 2. The summed E-state index contributed by atoms with van der Waals surface area (Å²) >= 11 is 0. The van der Waals surface area contributed by atoms with E-state index in [1.165, 1.54) is 0 Å². The first-order valence-corrected chi connectivity index (χ1v) is 7.58. The molecule has 22 heavy (non-hydrogen) atoms. The number of ether oxygens (including phenoxy) is 1. The fourth-order valence-corrected chi connectivity index (χ4v) is 2.55. The predicted octanol–water partition coefficient (Wildman–Crippen LogP) is 1.24. The second kappa shape index (κ2) is 8.38. The zero-order chi connectivity index (χ0) is 15.8. The first kappa shape index (κ1) is 16.3. The van der Waals surface area contributed by atoms with Crippen molar-refractivity contribution in [2.45, 2.75) is 18.9 Å². The topological polar surface area (TPSA) is 70.7 Å². The van der Waals surface area contributed by atoms with Gasteiger partial charge in [-0.25, -0.2) is 4.79 Å². The summed E-state index contributed by atoms with van der Waals surface area (Å²) in [5, 5.41) is 5.64. The Kier molecular flexibility index (Phi) is 6.21. The third-order valence-corrected chi connectivity index (χ3v) is 3.66. The third-order valence-electron chi connectivity index (χ3n) is 3.66. The highest BCUT2D eigenvalue weighted by Crippen LogP contribution is 2.13. The Morgan fingerprint density at radius 1 is 1.32 bits per heavy atom. The molecule has 0 aromatic heterocycles. The molecular weight excluding hydrogens is 282 g/mol. The van der Waals surface area contributed by atoms with E-state index in [9.17, 15) is 9.59 Å². The summed E-state index contributed by atoms with van der Waals surface area (Å²) < 4.78 is 4.88. The number of piperidine rings is 1. The van der Waals surface area contributed by atoms with Gasteiger partial charge in [-0.15, -0.1) is 0 Å². The number of hydrogen-bond acceptors (Lipinski definition) is 3. The lowest BCUT2D eigenvalue weighted by molar-refractivity contribution is 0.0697. The Morgan fingerprint density at radius 3 is 2.82 bits per heavy atom. The molecule has 0 saturated carbocycles. The molecule has 3 amide bonds. The maximum atomic E-state index is 12.4. The first-order valence-electron chi connectivity index (χ1n) is 7.58. The van der Waals surface area contributed by atoms with Crippen LogP contribution in [0.3, 0.4) is 0 Å². The Balaban J connectivity index is 1.84. The molecule has 1 aromatic carbocycles. The number of methoxy groups -OCH3 is 1. The first-order chi connectivity index (χ1) is 10.7. The minimum Gasteiger partial charge on any atom is -0.383 e. The van der Waals surface area contributed by atoms with Crippen molar-refractivity contribution in [3.63, 3.8) is 0 Å². The molecule has 1 atom stereocenters. The minimum absolute atomic E-state index is 0.0102. The number of carbonyl (C=O) groups excluding carboxylic acids is 2. The van der Waals surface area contributed by atoms with Crippen molar-refractivity contribution >= 4 is 11.9 Å². The molecule has 0 aliphatic carbocycles. The molecule has 1 aliphatic rings. The number of amides is 3. The summed E-state index contributed by atoms with van der Waals surface area (Å²) in [6.45, 7) is 2.24. The molecule has 1 unspecified atom stereocenters. The summed E-state index contributed by atoms with van der Waals surface area (Å²) in [6, 6.07) is 9.02. The maximum absolute atomic E-state index is 12.4. The molecule has 1 saturated heterocycles. The van der Waals surface area contributed by atoms with Gasteiger partial charge in [0.25, 0.3) is 5.91 Å². The van der Waals surface area contributed by atoms with Gasteiger partial charge in [-0.05, 0) is 25.0 Å². The monoisotopic (exact) mass is 305 g/mol. The average molecular weight is 305 g/mol. The second-order valence-corrected chi connectivity index (χ2v) is 5.35. The zero-order valence-corrected chi connectivity index (χ0v) is 12.9. The zero-order valence-electron chi connectivity index (χ0n) is 12.9. The lowest BCUT2D eigenvalue weighted by Gasteiger charge is -2.33. The SMILES string of the molecule is COCCNC(=O)NC1CCCN(C(=O)c2ccccc2)C1. The van der Waals surface area contributed by atoms with Crippen molar-refractivity contribution in [2.75, 3.05) is 33.4 Å². The van der Waals surface area contributed by atoms with Gasteiger partial charge in [-0.1, -0.05) is 18.2 Å². The van der Waals surface area contributed by atoms with E-state index in [1.807, 2.05) is 30.3 Å². The van der Waals surface area contributed by atoms with Gasteiger partial charge in [-0.2, -0.15) is 0 Å². The predicted molar refractivity (Wildman–Crippen MR) is 83.8 cm³/mol. The van der Waals surface area contributed by atoms with Crippen LogP contribution >= 0.6 is 0 Å². The van der Waals surface area contributed by atoms with Gasteiger partial charge in [-0.3, -0.25) is 4.79 Å². The standard InChI is InChI=1S/C16H23N3O3/c1-22-11-9-17-16(21)18-14-8-5-10-19(12-14)15(20)13-6-3-2-4-7-13/h2-4,6-7,14H,5,8-12H2,1H3,(H2,17,18,21). The van der Waals surface area contributed by atoms with E-state index in [4.69, 9.17) is 4.74 Å². The fraction of sp³-hybridized carbons (Fsp3) is 0.500. The van der Waals surface area contributed by atoms with E-state index in [-0.39, 0.29) is 18.0 Å². The number of hydrogen-bond donors (Lipinski definition) is 2. The van der Waals surface area contributed by atoms with Crippen LogP contribution in [0.5, 0.6) is 0 Å². The van der Waals surface area contributed by atoms with E-state index in [0.29, 0.717) is 25.3 Å². The van der Waals surface area contributed by atoms with E-state index in [2.05, 4.69) is 10.6 Å². The molecule has 2 rings (SSSR count). The van der Waals surface area contributed by atoms with Crippen molar-refractivity contribution in [1.82, 2.24) is 15.5 Å². The van der Waals surface area contributed by atoms with Crippen LogP contribution in [-0.4, -0.2) is 56.2 Å². The molecule has 0 radical (unpaired) electrons. The number of urea groups is 1. The van der Waals surface area contributed by atoms with Gasteiger partial charge >= 0.3 is 6.03 Å². The lowest BCUT2D eigenvalue weighted by Crippen LogP contribution is -2.52. The van der Waals surface area contributed by atoms with Crippen molar-refractivity contribution in [3.05, 3.63) is 35.9 Å². The summed E-state index contributed by atoms with van der Waals surface area (Å²) in [6.07, 6.45) is 1.78. The summed E-state index contributed by atoms with van der Waals surface area (Å²) in [5.41, 5.74) is 0.688. The molecule has 1 aliphatic heterocycles. The highest BCUT2D eigenvalue weighted by atomic mass is 16.5. The van der Waals surface area contributed by atoms with Crippen molar-refractivity contribution in [3.8, 4) is 0 Å². The molecule has 1 heterocycles. The number of likely N-dealkylation sites (tertiary alicyclic amines) is 1. The number of nitrogens with zero attached hydrogens (tertiary/aromatic N) is 1. The molecule has 6 heteroatoms. The van der Waals surface area contributed by atoms with Crippen LogP contribution in [-0.2, 0) is 4.74 Å². The van der Waals surface area contributed by atoms with Gasteiger partial charge in [0.05, 0.1) is 6.61 Å². The third kappa shape index (κ3) is 4.73. The van der Waals surface area contributed by atoms with Crippen LogP contribution in [0.25, 0.3) is 0 Å². The van der Waals surface area contributed by atoms with Crippen LogP contribution < -0.4 is 10.6 Å². The van der Waals surface area contributed by atoms with Crippen LogP contribution in [0, 0.1) is 0 Å². The molecular formula is C16H23N3O3. The Morgan fingerprint density at radius 2 is 2.09 bits per heavy atom. The Labute approximate surface area is 130 Å². The van der Waals surface area contributed by atoms with E-state index in [1.54, 1.807) is 12.0 Å². The Bertz CT molecular complexity index is 493. The van der Waals surface area contributed by atoms with E-state index < -0.39 is 0 Å². The molecule has 2 N–H and O–H groups in total. The van der Waals surface area contributed by atoms with Gasteiger partial charge in [0, 0.05) is 38.3 Å². The normalized spacial score (nSPS) is 17.9. The van der Waals surface area contributed by atoms with Gasteiger partial charge < -0.3 is 20.3 Å². The maximum Gasteiger partial charge on any atom is 0.315 e. The number of carbonyl (C=O) groups is 2. The van der Waals surface area contributed by atoms with Crippen LogP contribution in [0.15, 0.2) is 30.3 Å². The molecule has 1 fully saturated rings. The molecule has 0 bridgehead atoms. The van der Waals surface area contributed by atoms with Gasteiger partial charge in [0.2, 0.25) is 0 Å². The average Bonchev–Trinajstić information content (AvgIpc) is 2.55. The smallest absolute Gasteiger partial charge is 0.315 e. The summed E-state index contributed by atoms with van der Waals surface area (Å²) in [5.74, 6) is 0.0203. The molecule has 1 aromatic rings. The number of benzene rings is 1. The summed E-state index contributed by atoms with van der Waals surface area (Å²) in [4.78, 5) is 26.0. The molecule has 120 valence electrons. The fourth-order valence-electron chi connectivity index (χ4n) is 2.55. The highest BCUT2D eigenvalue weighted by molar-refractivity contribution is 5.94. The van der Waals surface area contributed by atoms with Crippen LogP contribution in [0.2, 0.25) is 0 Å². The van der Waals surface area contributed by atoms with Crippen molar-refractivity contribution in [2.24, 2.45) is 0 Å². The minimum atomic E-state index is -0.212. The molecule has 6 nitrogen and oxygen atoms in total. The van der Waals surface area contributed by atoms with E-state index >= 15 is 0 Å². The summed E-state index contributed by atoms with van der Waals surface area (Å²) in [7, 11) is 1.59.